The van der Waals surface area contributed by atoms with E-state index in [2.05, 4.69) is 146 Å². The molecule has 0 aliphatic heterocycles. The van der Waals surface area contributed by atoms with Crippen molar-refractivity contribution in [3.63, 3.8) is 0 Å². The maximum atomic E-state index is 3.88. The van der Waals surface area contributed by atoms with Crippen LogP contribution in [0.5, 0.6) is 0 Å². The Morgan fingerprint density at radius 1 is 0.622 bits per heavy atom. The Bertz CT molecular complexity index is 1350. The average Bonchev–Trinajstić information content (AvgIpc) is 3.38. The van der Waals surface area contributed by atoms with Crippen molar-refractivity contribution in [2.45, 2.75) is 112 Å². The van der Waals surface area contributed by atoms with Gasteiger partial charge in [-0.05, 0) is 52.8 Å². The first kappa shape index (κ1) is 45.6. The Hall–Kier alpha value is -1.56. The molecule has 1 aromatic heterocycles. The van der Waals surface area contributed by atoms with E-state index in [9.17, 15) is 0 Å². The summed E-state index contributed by atoms with van der Waals surface area (Å²) < 4.78 is 4.74. The first-order chi connectivity index (χ1) is 19.5. The van der Waals surface area contributed by atoms with Gasteiger partial charge in [-0.1, -0.05) is 154 Å². The zero-order valence-electron chi connectivity index (χ0n) is 29.3. The molecule has 0 aliphatic rings. The van der Waals surface area contributed by atoms with Crippen molar-refractivity contribution < 1.29 is 41.8 Å². The molecule has 0 unspecified atom stereocenters. The molecule has 4 rings (SSSR count). The van der Waals surface area contributed by atoms with Crippen molar-refractivity contribution in [2.24, 2.45) is 0 Å². The molecular weight excluding hydrogens is 671 g/mol. The standard InChI is InChI=1S/C31H45BN2.C7H8.3ClH.Ga/c1-11-32(12-2)29-19-33(30-25(21(3)4)15-13-16-26(30)22(5)6)20-34(29)31-27(23(7)8)17-14-18-28(31)24(9)10;1-7-5-3-2-4-6-7;;;;/h13-19,21-24H,11-12H2,1-10H3;2-6H,1H3;3*1H;/q;;;;;+3/p-3. The number of nitrogens with zero attached hydrogens (tertiary/aromatic N) is 2. The summed E-state index contributed by atoms with van der Waals surface area (Å²) in [7, 11) is 0. The first-order valence-electron chi connectivity index (χ1n) is 15.9. The topological polar surface area (TPSA) is 8.81 Å². The minimum atomic E-state index is 0. The van der Waals surface area contributed by atoms with E-state index in [1.54, 1.807) is 0 Å². The molecule has 3 aromatic carbocycles. The molecule has 242 valence electrons. The summed E-state index contributed by atoms with van der Waals surface area (Å²) in [5, 5.41) is 0. The third-order valence-corrected chi connectivity index (χ3v) is 8.22. The summed E-state index contributed by atoms with van der Waals surface area (Å²) in [6.07, 6.45) is 8.51. The van der Waals surface area contributed by atoms with Gasteiger partial charge in [-0.2, -0.15) is 0 Å². The molecule has 0 bridgehead atoms. The van der Waals surface area contributed by atoms with E-state index in [0.717, 1.165) is 12.6 Å². The molecule has 1 heterocycles. The van der Waals surface area contributed by atoms with Gasteiger partial charge < -0.3 is 41.8 Å². The minimum absolute atomic E-state index is 0. The van der Waals surface area contributed by atoms with E-state index in [1.165, 1.54) is 44.8 Å². The molecule has 2 nitrogen and oxygen atoms in total. The van der Waals surface area contributed by atoms with Gasteiger partial charge in [-0.3, -0.25) is 4.57 Å². The number of aromatic nitrogens is 2. The van der Waals surface area contributed by atoms with Crippen molar-refractivity contribution >= 4 is 32.1 Å². The van der Waals surface area contributed by atoms with Crippen molar-refractivity contribution in [1.82, 2.24) is 4.57 Å². The molecule has 0 radical (unpaired) electrons. The largest absolute Gasteiger partial charge is 3.00 e. The molecule has 0 N–H and O–H groups in total. The van der Waals surface area contributed by atoms with Crippen LogP contribution in [0.25, 0.3) is 11.4 Å². The van der Waals surface area contributed by atoms with Crippen LogP contribution in [-0.2, 0) is 0 Å². The number of para-hydroxylation sites is 2. The molecule has 45 heavy (non-hydrogen) atoms. The Kier molecular flexibility index (Phi) is 21.6. The summed E-state index contributed by atoms with van der Waals surface area (Å²) in [4.78, 5) is 0. The van der Waals surface area contributed by atoms with Crippen molar-refractivity contribution in [3.8, 4) is 11.4 Å². The average molecular weight is 725 g/mol. The van der Waals surface area contributed by atoms with E-state index in [0.29, 0.717) is 30.4 Å². The van der Waals surface area contributed by atoms with Crippen LogP contribution in [0.15, 0.2) is 72.9 Å². The zero-order valence-corrected chi connectivity index (χ0v) is 34.0. The smallest absolute Gasteiger partial charge is 1.00 e. The third kappa shape index (κ3) is 11.3. The van der Waals surface area contributed by atoms with Crippen LogP contribution < -0.4 is 47.4 Å². The predicted octanol–water partition coefficient (Wildman–Crippen LogP) is 0.416. The van der Waals surface area contributed by atoms with Crippen molar-refractivity contribution in [3.05, 3.63) is 107 Å². The maximum Gasteiger partial charge on any atom is 3.00 e. The molecule has 0 spiro atoms. The fraction of sp³-hybridized carbons (Fsp3) is 0.447. The van der Waals surface area contributed by atoms with E-state index in [-0.39, 0.29) is 57.0 Å². The number of halogens is 3. The van der Waals surface area contributed by atoms with Gasteiger partial charge in [-0.25, -0.2) is 0 Å². The third-order valence-electron chi connectivity index (χ3n) is 8.22. The van der Waals surface area contributed by atoms with Crippen molar-refractivity contribution in [2.75, 3.05) is 0 Å². The van der Waals surface area contributed by atoms with Crippen LogP contribution in [0.2, 0.25) is 12.6 Å². The van der Waals surface area contributed by atoms with Crippen molar-refractivity contribution in [1.29, 1.82) is 0 Å². The van der Waals surface area contributed by atoms with E-state index in [1.807, 2.05) is 18.2 Å². The Morgan fingerprint density at radius 2 is 1.02 bits per heavy atom. The summed E-state index contributed by atoms with van der Waals surface area (Å²) in [6, 6.07) is 23.9. The maximum absolute atomic E-state index is 3.88. The van der Waals surface area contributed by atoms with E-state index < -0.39 is 0 Å². The van der Waals surface area contributed by atoms with Crippen LogP contribution in [0.4, 0.5) is 0 Å². The molecule has 0 amide bonds. The second-order valence-corrected chi connectivity index (χ2v) is 12.7. The summed E-state index contributed by atoms with van der Waals surface area (Å²) in [6.45, 7) is 25.6. The van der Waals surface area contributed by atoms with Gasteiger partial charge in [0.2, 0.25) is 0 Å². The molecule has 0 atom stereocenters. The Balaban J connectivity index is 0. The fourth-order valence-corrected chi connectivity index (χ4v) is 5.77. The van der Waals surface area contributed by atoms with Gasteiger partial charge in [0, 0.05) is 11.8 Å². The van der Waals surface area contributed by atoms with E-state index >= 15 is 0 Å². The van der Waals surface area contributed by atoms with Gasteiger partial charge in [0.1, 0.15) is 0 Å². The second kappa shape index (κ2) is 21.3. The van der Waals surface area contributed by atoms with Gasteiger partial charge in [0.25, 0.3) is 6.33 Å². The summed E-state index contributed by atoms with van der Waals surface area (Å²) in [5.74, 6) is 1.79. The van der Waals surface area contributed by atoms with Crippen LogP contribution >= 0.6 is 0 Å². The normalized spacial score (nSPS) is 10.4. The van der Waals surface area contributed by atoms with Gasteiger partial charge in [0.05, 0.1) is 11.4 Å². The van der Waals surface area contributed by atoms with E-state index in [4.69, 9.17) is 0 Å². The summed E-state index contributed by atoms with van der Waals surface area (Å²) in [5.41, 5.74) is 10.9. The number of imidazole rings is 1. The fourth-order valence-electron chi connectivity index (χ4n) is 5.77. The summed E-state index contributed by atoms with van der Waals surface area (Å²) >= 11 is 0. The predicted molar refractivity (Wildman–Crippen MR) is 186 cm³/mol. The zero-order chi connectivity index (χ0) is 30.3. The van der Waals surface area contributed by atoms with Crippen LogP contribution in [-0.4, -0.2) is 31.1 Å². The SMILES string of the molecule is CCB(CC)c1cn(-c2c(C(C)C)cccc2C(C)C)[c-][n+]1-c1c(C(C)C)cccc1C(C)C.Cc1ccccc1.[Cl-].[Cl-].[Cl-].[Ga+3]. The second-order valence-electron chi connectivity index (χ2n) is 12.7. The Morgan fingerprint density at radius 3 is 1.36 bits per heavy atom. The molecule has 7 heteroatoms. The monoisotopic (exact) mass is 722 g/mol. The van der Waals surface area contributed by atoms with Crippen LogP contribution in [0, 0.1) is 13.3 Å². The van der Waals surface area contributed by atoms with Gasteiger partial charge in [0.15, 0.2) is 6.71 Å². The molecule has 0 fully saturated rings. The number of aryl methyl sites for hydroxylation is 1. The minimum Gasteiger partial charge on any atom is -1.00 e. The van der Waals surface area contributed by atoms with Crippen LogP contribution in [0.3, 0.4) is 0 Å². The van der Waals surface area contributed by atoms with Gasteiger partial charge >= 0.3 is 19.8 Å². The number of rotatable bonds is 9. The quantitative estimate of drug-likeness (QED) is 0.135. The Labute approximate surface area is 307 Å². The number of hydrogen-bond donors (Lipinski definition) is 0. The first-order valence-corrected chi connectivity index (χ1v) is 15.9. The molecule has 4 aromatic rings. The molecular formula is C38H53BCl3GaN2. The number of hydrogen-bond acceptors (Lipinski definition) is 0. The number of benzene rings is 3. The van der Waals surface area contributed by atoms with Gasteiger partial charge in [-0.15, -0.1) is 0 Å². The molecule has 0 saturated heterocycles. The van der Waals surface area contributed by atoms with Crippen LogP contribution in [0.1, 0.15) is 121 Å². The molecule has 0 aliphatic carbocycles. The molecule has 0 saturated carbocycles.